The summed E-state index contributed by atoms with van der Waals surface area (Å²) in [5.74, 6) is 0. The topological polar surface area (TPSA) is 107 Å². The minimum absolute atomic E-state index is 0.0633. The lowest BCUT2D eigenvalue weighted by Crippen LogP contribution is -2.52. The van der Waals surface area contributed by atoms with E-state index in [2.05, 4.69) is 31.7 Å². The van der Waals surface area contributed by atoms with E-state index in [0.29, 0.717) is 49.6 Å². The van der Waals surface area contributed by atoms with Gasteiger partial charge in [0.1, 0.15) is 0 Å². The first-order chi connectivity index (χ1) is 16.5. The highest BCUT2D eigenvalue weighted by Gasteiger charge is 2.26. The normalized spacial score (nSPS) is 17.0. The van der Waals surface area contributed by atoms with Crippen LogP contribution in [0.5, 0.6) is 0 Å². The summed E-state index contributed by atoms with van der Waals surface area (Å²) >= 11 is 0. The van der Waals surface area contributed by atoms with Gasteiger partial charge in [-0.2, -0.15) is 5.26 Å². The van der Waals surface area contributed by atoms with Crippen molar-refractivity contribution >= 4 is 17.3 Å². The molecule has 0 bridgehead atoms. The van der Waals surface area contributed by atoms with Crippen molar-refractivity contribution in [3.63, 3.8) is 0 Å². The van der Waals surface area contributed by atoms with Gasteiger partial charge in [-0.3, -0.25) is 14.0 Å². The van der Waals surface area contributed by atoms with E-state index in [4.69, 9.17) is 4.98 Å². The lowest BCUT2D eigenvalue weighted by atomic mass is 9.97. The number of carbonyl (C=O) groups is 1. The Kier molecular flexibility index (Phi) is 6.43. The number of hydrogen-bond acceptors (Lipinski definition) is 5. The van der Waals surface area contributed by atoms with E-state index < -0.39 is 6.09 Å². The zero-order valence-corrected chi connectivity index (χ0v) is 20.9. The van der Waals surface area contributed by atoms with Crippen LogP contribution in [0.3, 0.4) is 0 Å². The van der Waals surface area contributed by atoms with Crippen molar-refractivity contribution in [2.45, 2.75) is 46.8 Å². The molecule has 0 saturated carbocycles. The first kappa shape index (κ1) is 24.5. The minimum Gasteiger partial charge on any atom is -0.465 e. The van der Waals surface area contributed by atoms with Gasteiger partial charge in [-0.25, -0.2) is 14.6 Å². The SMILES string of the molecule is C[C@H]1CN(C(=O)O)CCN1Cc1ccc(C#N)c(-c2ccc3c(n2)n(C)c(=O)n3CC(C)(C)C)c1. The summed E-state index contributed by atoms with van der Waals surface area (Å²) in [5, 5.41) is 19.0. The van der Waals surface area contributed by atoms with Crippen LogP contribution in [0.25, 0.3) is 22.4 Å². The van der Waals surface area contributed by atoms with Gasteiger partial charge in [0.15, 0.2) is 5.65 Å². The van der Waals surface area contributed by atoms with Crippen molar-refractivity contribution in [1.29, 1.82) is 5.26 Å². The number of nitriles is 1. The van der Waals surface area contributed by atoms with Crippen molar-refractivity contribution in [1.82, 2.24) is 23.9 Å². The van der Waals surface area contributed by atoms with Crippen molar-refractivity contribution in [3.05, 3.63) is 51.9 Å². The molecule has 3 heterocycles. The largest absolute Gasteiger partial charge is 0.465 e. The van der Waals surface area contributed by atoms with Crippen LogP contribution in [0.2, 0.25) is 0 Å². The van der Waals surface area contributed by atoms with Gasteiger partial charge >= 0.3 is 11.8 Å². The number of carboxylic acid groups (broad SMARTS) is 1. The maximum Gasteiger partial charge on any atom is 0.407 e. The van der Waals surface area contributed by atoms with E-state index in [-0.39, 0.29) is 17.1 Å². The highest BCUT2D eigenvalue weighted by molar-refractivity contribution is 5.78. The number of imidazole rings is 1. The van der Waals surface area contributed by atoms with Gasteiger partial charge < -0.3 is 10.0 Å². The van der Waals surface area contributed by atoms with Crippen LogP contribution in [0.15, 0.2) is 35.1 Å². The summed E-state index contributed by atoms with van der Waals surface area (Å²) in [7, 11) is 1.72. The average molecular weight is 477 g/mol. The van der Waals surface area contributed by atoms with E-state index >= 15 is 0 Å². The number of aryl methyl sites for hydroxylation is 1. The molecule has 4 rings (SSSR count). The van der Waals surface area contributed by atoms with Crippen molar-refractivity contribution < 1.29 is 9.90 Å². The Balaban J connectivity index is 1.68. The van der Waals surface area contributed by atoms with E-state index in [1.165, 1.54) is 4.90 Å². The molecule has 35 heavy (non-hydrogen) atoms. The number of hydrogen-bond donors (Lipinski definition) is 1. The van der Waals surface area contributed by atoms with E-state index in [0.717, 1.165) is 16.6 Å². The summed E-state index contributed by atoms with van der Waals surface area (Å²) in [4.78, 5) is 32.7. The maximum absolute atomic E-state index is 12.9. The Morgan fingerprint density at radius 2 is 1.97 bits per heavy atom. The summed E-state index contributed by atoms with van der Waals surface area (Å²) < 4.78 is 3.32. The monoisotopic (exact) mass is 476 g/mol. The van der Waals surface area contributed by atoms with Crippen LogP contribution in [0.1, 0.15) is 38.8 Å². The lowest BCUT2D eigenvalue weighted by molar-refractivity contribution is 0.0712. The molecule has 9 nitrogen and oxygen atoms in total. The van der Waals surface area contributed by atoms with Gasteiger partial charge in [-0.05, 0) is 42.2 Å². The molecule has 1 amide bonds. The molecular formula is C26H32N6O3. The van der Waals surface area contributed by atoms with Gasteiger partial charge in [-0.15, -0.1) is 0 Å². The van der Waals surface area contributed by atoms with Crippen molar-refractivity contribution in [2.24, 2.45) is 12.5 Å². The van der Waals surface area contributed by atoms with Crippen LogP contribution < -0.4 is 5.69 Å². The molecule has 1 aliphatic heterocycles. The predicted octanol–water partition coefficient (Wildman–Crippen LogP) is 3.50. The molecule has 0 spiro atoms. The zero-order chi connectivity index (χ0) is 25.5. The maximum atomic E-state index is 12.9. The van der Waals surface area contributed by atoms with Gasteiger partial charge in [0, 0.05) is 51.4 Å². The van der Waals surface area contributed by atoms with E-state index in [9.17, 15) is 20.0 Å². The summed E-state index contributed by atoms with van der Waals surface area (Å²) in [5.41, 5.74) is 4.09. The van der Waals surface area contributed by atoms with Crippen molar-refractivity contribution in [2.75, 3.05) is 19.6 Å². The average Bonchev–Trinajstić information content (AvgIpc) is 3.03. The van der Waals surface area contributed by atoms with Crippen LogP contribution in [-0.2, 0) is 20.1 Å². The molecule has 1 aromatic carbocycles. The van der Waals surface area contributed by atoms with Gasteiger partial charge in [0.25, 0.3) is 0 Å². The number of pyridine rings is 1. The van der Waals surface area contributed by atoms with E-state index in [1.807, 2.05) is 31.2 Å². The van der Waals surface area contributed by atoms with Crippen LogP contribution in [0.4, 0.5) is 4.79 Å². The second-order valence-corrected chi connectivity index (χ2v) is 10.6. The fourth-order valence-corrected chi connectivity index (χ4v) is 4.69. The summed E-state index contributed by atoms with van der Waals surface area (Å²) in [6.45, 7) is 11.1. The molecule has 0 aliphatic carbocycles. The molecule has 184 valence electrons. The number of fused-ring (bicyclic) bond motifs is 1. The van der Waals surface area contributed by atoms with Crippen LogP contribution >= 0.6 is 0 Å². The van der Waals surface area contributed by atoms with E-state index in [1.54, 1.807) is 22.2 Å². The Morgan fingerprint density at radius 1 is 1.23 bits per heavy atom. The number of amides is 1. The van der Waals surface area contributed by atoms with Crippen LogP contribution in [0, 0.1) is 16.7 Å². The zero-order valence-electron chi connectivity index (χ0n) is 20.9. The molecule has 1 atom stereocenters. The molecular weight excluding hydrogens is 444 g/mol. The van der Waals surface area contributed by atoms with Crippen LogP contribution in [-0.4, -0.2) is 60.8 Å². The predicted molar refractivity (Wildman–Crippen MR) is 134 cm³/mol. The van der Waals surface area contributed by atoms with Gasteiger partial charge in [0.2, 0.25) is 0 Å². The molecule has 1 fully saturated rings. The number of aromatic nitrogens is 3. The summed E-state index contributed by atoms with van der Waals surface area (Å²) in [6, 6.07) is 11.9. The molecule has 0 unspecified atom stereocenters. The standard InChI is InChI=1S/C26H32N6O3/c1-17-14-31(25(34)35)11-10-30(17)15-18-6-7-19(13-27)20(12-18)21-8-9-22-23(28-21)29(5)24(33)32(22)16-26(2,3)4/h6-9,12,17H,10-11,14-16H2,1-5H3,(H,34,35)/t17-/m0/s1. The second kappa shape index (κ2) is 9.19. The fraction of sp³-hybridized carbons (Fsp3) is 0.462. The Labute approximate surface area is 204 Å². The first-order valence-electron chi connectivity index (χ1n) is 11.8. The summed E-state index contributed by atoms with van der Waals surface area (Å²) in [6.07, 6.45) is -0.885. The highest BCUT2D eigenvalue weighted by Crippen LogP contribution is 2.27. The quantitative estimate of drug-likeness (QED) is 0.618. The number of rotatable bonds is 4. The Morgan fingerprint density at radius 3 is 2.60 bits per heavy atom. The Bertz CT molecular complexity index is 1370. The number of benzene rings is 1. The Hall–Kier alpha value is -3.64. The minimum atomic E-state index is -0.885. The highest BCUT2D eigenvalue weighted by atomic mass is 16.4. The third kappa shape index (κ3) is 4.93. The number of piperazine rings is 1. The third-order valence-corrected chi connectivity index (χ3v) is 6.51. The molecule has 1 saturated heterocycles. The van der Waals surface area contributed by atoms with Gasteiger partial charge in [0.05, 0.1) is 22.8 Å². The third-order valence-electron chi connectivity index (χ3n) is 6.51. The molecule has 0 radical (unpaired) electrons. The smallest absolute Gasteiger partial charge is 0.407 e. The fourth-order valence-electron chi connectivity index (χ4n) is 4.69. The molecule has 3 aromatic rings. The number of nitrogens with zero attached hydrogens (tertiary/aromatic N) is 6. The van der Waals surface area contributed by atoms with Gasteiger partial charge in [-0.1, -0.05) is 26.8 Å². The molecule has 2 aromatic heterocycles. The van der Waals surface area contributed by atoms with Crippen molar-refractivity contribution in [3.8, 4) is 17.3 Å². The second-order valence-electron chi connectivity index (χ2n) is 10.6. The molecule has 1 N–H and O–H groups in total. The lowest BCUT2D eigenvalue weighted by Gasteiger charge is -2.38. The molecule has 1 aliphatic rings. The first-order valence-corrected chi connectivity index (χ1v) is 11.8. The molecule has 9 heteroatoms.